The molecule has 0 saturated heterocycles. The molecule has 0 amide bonds. The van der Waals surface area contributed by atoms with Crippen molar-refractivity contribution in [3.8, 4) is 6.07 Å². The zero-order valence-electron chi connectivity index (χ0n) is 9.84. The topological polar surface area (TPSA) is 87.2 Å². The second-order valence-electron chi connectivity index (χ2n) is 3.75. The maximum Gasteiger partial charge on any atom is 0.242 e. The summed E-state index contributed by atoms with van der Waals surface area (Å²) in [5, 5.41) is 8.44. The fraction of sp³-hybridized carbons (Fsp3) is 0.364. The van der Waals surface area contributed by atoms with Crippen molar-refractivity contribution >= 4 is 15.7 Å². The Kier molecular flexibility index (Phi) is 4.10. The molecule has 0 saturated carbocycles. The first kappa shape index (κ1) is 13.5. The van der Waals surface area contributed by atoms with Crippen molar-refractivity contribution in [2.75, 3.05) is 19.3 Å². The minimum Gasteiger partial charge on any atom is -0.399 e. The normalized spacial score (nSPS) is 11.4. The summed E-state index contributed by atoms with van der Waals surface area (Å²) in [6.07, 6.45) is 0.170. The van der Waals surface area contributed by atoms with Gasteiger partial charge in [-0.2, -0.15) is 9.57 Å². The van der Waals surface area contributed by atoms with Crippen LogP contribution < -0.4 is 5.73 Å². The van der Waals surface area contributed by atoms with E-state index in [1.165, 1.54) is 23.5 Å². The molecule has 1 aromatic rings. The second kappa shape index (κ2) is 5.17. The Morgan fingerprint density at radius 1 is 1.47 bits per heavy atom. The Bertz CT molecular complexity index is 546. The van der Waals surface area contributed by atoms with E-state index in [1.54, 1.807) is 13.0 Å². The summed E-state index contributed by atoms with van der Waals surface area (Å²) in [6, 6.07) is 6.49. The van der Waals surface area contributed by atoms with Gasteiger partial charge in [-0.3, -0.25) is 0 Å². The van der Waals surface area contributed by atoms with Gasteiger partial charge in [0.15, 0.2) is 0 Å². The number of sulfonamides is 1. The third-order valence-corrected chi connectivity index (χ3v) is 4.34. The number of aryl methyl sites for hydroxylation is 1. The maximum absolute atomic E-state index is 12.1. The number of benzene rings is 1. The van der Waals surface area contributed by atoms with Gasteiger partial charge in [-0.05, 0) is 30.7 Å². The van der Waals surface area contributed by atoms with E-state index in [4.69, 9.17) is 11.0 Å². The molecule has 5 nitrogen and oxygen atoms in total. The highest BCUT2D eigenvalue weighted by molar-refractivity contribution is 7.89. The van der Waals surface area contributed by atoms with Crippen LogP contribution in [0.2, 0.25) is 0 Å². The van der Waals surface area contributed by atoms with Crippen molar-refractivity contribution < 1.29 is 8.42 Å². The lowest BCUT2D eigenvalue weighted by atomic mass is 10.2. The monoisotopic (exact) mass is 253 g/mol. The minimum absolute atomic E-state index is 0.170. The van der Waals surface area contributed by atoms with Crippen LogP contribution in [-0.4, -0.2) is 26.3 Å². The van der Waals surface area contributed by atoms with Gasteiger partial charge in [-0.1, -0.05) is 0 Å². The van der Waals surface area contributed by atoms with Crippen molar-refractivity contribution in [2.45, 2.75) is 18.2 Å². The summed E-state index contributed by atoms with van der Waals surface area (Å²) in [5.74, 6) is 0. The molecule has 0 heterocycles. The molecule has 0 aliphatic rings. The van der Waals surface area contributed by atoms with Crippen molar-refractivity contribution in [1.82, 2.24) is 4.31 Å². The van der Waals surface area contributed by atoms with Gasteiger partial charge >= 0.3 is 0 Å². The number of nitrogens with zero attached hydrogens (tertiary/aromatic N) is 2. The first-order valence-corrected chi connectivity index (χ1v) is 6.53. The van der Waals surface area contributed by atoms with Gasteiger partial charge in [0.25, 0.3) is 0 Å². The zero-order valence-corrected chi connectivity index (χ0v) is 10.7. The SMILES string of the molecule is Cc1cc(S(=O)(=O)N(C)CCC#N)ccc1N. The predicted molar refractivity (Wildman–Crippen MR) is 65.6 cm³/mol. The van der Waals surface area contributed by atoms with Crippen LogP contribution in [0.4, 0.5) is 5.69 Å². The predicted octanol–water partition coefficient (Wildman–Crippen LogP) is 1.11. The highest BCUT2D eigenvalue weighted by Gasteiger charge is 2.20. The molecule has 6 heteroatoms. The molecule has 92 valence electrons. The number of hydrogen-bond acceptors (Lipinski definition) is 4. The molecule has 0 unspecified atom stereocenters. The van der Waals surface area contributed by atoms with Crippen molar-refractivity contribution in [1.29, 1.82) is 5.26 Å². The van der Waals surface area contributed by atoms with Crippen LogP contribution in [0.3, 0.4) is 0 Å². The Labute approximate surface area is 102 Å². The molecule has 0 aliphatic heterocycles. The van der Waals surface area contributed by atoms with E-state index in [0.717, 1.165) is 5.56 Å². The number of nitrogens with two attached hydrogens (primary N) is 1. The van der Waals surface area contributed by atoms with Crippen LogP contribution in [0, 0.1) is 18.3 Å². The van der Waals surface area contributed by atoms with E-state index in [1.807, 2.05) is 6.07 Å². The van der Waals surface area contributed by atoms with Crippen LogP contribution >= 0.6 is 0 Å². The molecule has 0 radical (unpaired) electrons. The van der Waals surface area contributed by atoms with Gasteiger partial charge in [0.2, 0.25) is 10.0 Å². The van der Waals surface area contributed by atoms with Gasteiger partial charge < -0.3 is 5.73 Å². The largest absolute Gasteiger partial charge is 0.399 e. The summed E-state index contributed by atoms with van der Waals surface area (Å²) >= 11 is 0. The molecular formula is C11H15N3O2S. The molecular weight excluding hydrogens is 238 g/mol. The van der Waals surface area contributed by atoms with E-state index < -0.39 is 10.0 Å². The lowest BCUT2D eigenvalue weighted by molar-refractivity contribution is 0.476. The number of hydrogen-bond donors (Lipinski definition) is 1. The molecule has 0 atom stereocenters. The fourth-order valence-corrected chi connectivity index (χ4v) is 2.57. The number of anilines is 1. The first-order valence-electron chi connectivity index (χ1n) is 5.09. The Morgan fingerprint density at radius 3 is 2.65 bits per heavy atom. The van der Waals surface area contributed by atoms with E-state index in [2.05, 4.69) is 0 Å². The zero-order chi connectivity index (χ0) is 13.1. The quantitative estimate of drug-likeness (QED) is 0.814. The lowest BCUT2D eigenvalue weighted by Crippen LogP contribution is -2.27. The highest BCUT2D eigenvalue weighted by Crippen LogP contribution is 2.19. The van der Waals surface area contributed by atoms with Crippen LogP contribution in [-0.2, 0) is 10.0 Å². The van der Waals surface area contributed by atoms with E-state index >= 15 is 0 Å². The smallest absolute Gasteiger partial charge is 0.242 e. The van der Waals surface area contributed by atoms with Crippen molar-refractivity contribution in [2.24, 2.45) is 0 Å². The van der Waals surface area contributed by atoms with E-state index in [9.17, 15) is 8.42 Å². The molecule has 1 aromatic carbocycles. The summed E-state index contributed by atoms with van der Waals surface area (Å²) in [7, 11) is -2.07. The summed E-state index contributed by atoms with van der Waals surface area (Å²) in [5.41, 5.74) is 6.92. The van der Waals surface area contributed by atoms with Gasteiger partial charge in [0.1, 0.15) is 0 Å². The summed E-state index contributed by atoms with van der Waals surface area (Å²) in [4.78, 5) is 0.199. The third kappa shape index (κ3) is 2.96. The van der Waals surface area contributed by atoms with Crippen LogP contribution in [0.15, 0.2) is 23.1 Å². The van der Waals surface area contributed by atoms with Crippen LogP contribution in [0.25, 0.3) is 0 Å². The van der Waals surface area contributed by atoms with E-state index in [-0.39, 0.29) is 17.9 Å². The molecule has 0 fully saturated rings. The maximum atomic E-state index is 12.1. The van der Waals surface area contributed by atoms with Crippen LogP contribution in [0.1, 0.15) is 12.0 Å². The molecule has 2 N–H and O–H groups in total. The highest BCUT2D eigenvalue weighted by atomic mass is 32.2. The van der Waals surface area contributed by atoms with Crippen LogP contribution in [0.5, 0.6) is 0 Å². The molecule has 0 bridgehead atoms. The first-order chi connectivity index (χ1) is 7.89. The number of nitrogen functional groups attached to an aromatic ring is 1. The second-order valence-corrected chi connectivity index (χ2v) is 5.80. The van der Waals surface area contributed by atoms with Gasteiger partial charge in [-0.15, -0.1) is 0 Å². The number of rotatable bonds is 4. The molecule has 17 heavy (non-hydrogen) atoms. The number of nitriles is 1. The van der Waals surface area contributed by atoms with Crippen molar-refractivity contribution in [3.63, 3.8) is 0 Å². The van der Waals surface area contributed by atoms with Gasteiger partial charge in [0, 0.05) is 25.7 Å². The molecule has 0 spiro atoms. The lowest BCUT2D eigenvalue weighted by Gasteiger charge is -2.16. The van der Waals surface area contributed by atoms with Crippen molar-refractivity contribution in [3.05, 3.63) is 23.8 Å². The molecule has 0 aliphatic carbocycles. The standard InChI is InChI=1S/C11H15N3O2S/c1-9-8-10(4-5-11(9)13)17(15,16)14(2)7-3-6-12/h4-5,8H,3,7,13H2,1-2H3. The van der Waals surface area contributed by atoms with Gasteiger partial charge in [0.05, 0.1) is 11.0 Å². The Balaban J connectivity index is 3.05. The van der Waals surface area contributed by atoms with E-state index in [0.29, 0.717) is 5.69 Å². The Hall–Kier alpha value is -1.58. The fourth-order valence-electron chi connectivity index (χ4n) is 1.32. The average Bonchev–Trinajstić information content (AvgIpc) is 2.29. The van der Waals surface area contributed by atoms with Gasteiger partial charge in [-0.25, -0.2) is 8.42 Å². The molecule has 0 aromatic heterocycles. The Morgan fingerprint density at radius 2 is 2.12 bits per heavy atom. The summed E-state index contributed by atoms with van der Waals surface area (Å²) < 4.78 is 25.3. The average molecular weight is 253 g/mol. The third-order valence-electron chi connectivity index (χ3n) is 2.49. The summed E-state index contributed by atoms with van der Waals surface area (Å²) in [6.45, 7) is 1.94. The molecule has 1 rings (SSSR count). The minimum atomic E-state index is -3.52.